The predicted molar refractivity (Wildman–Crippen MR) is 83.1 cm³/mol. The zero-order valence-electron chi connectivity index (χ0n) is 12.8. The second-order valence-corrected chi connectivity index (χ2v) is 5.97. The van der Waals surface area contributed by atoms with Gasteiger partial charge in [0.1, 0.15) is 0 Å². The van der Waals surface area contributed by atoms with Gasteiger partial charge in [-0.25, -0.2) is 0 Å². The molecule has 2 atom stereocenters. The van der Waals surface area contributed by atoms with Gasteiger partial charge in [0.05, 0.1) is 23.1 Å². The van der Waals surface area contributed by atoms with E-state index in [1.807, 2.05) is 11.7 Å². The number of hydrogen-bond acceptors (Lipinski definition) is 2. The molecule has 1 aliphatic rings. The highest BCUT2D eigenvalue weighted by molar-refractivity contribution is 5.54. The number of benzene rings is 1. The Balaban J connectivity index is 1.94. The average molecular weight is 269 g/mol. The Morgan fingerprint density at radius 2 is 1.85 bits per heavy atom. The third-order valence-electron chi connectivity index (χ3n) is 4.62. The smallest absolute Gasteiger partial charge is 0.0828 e. The van der Waals surface area contributed by atoms with Gasteiger partial charge in [0.2, 0.25) is 0 Å². The third-order valence-corrected chi connectivity index (χ3v) is 4.62. The lowest BCUT2D eigenvalue weighted by Crippen LogP contribution is -2.19. The van der Waals surface area contributed by atoms with E-state index in [4.69, 9.17) is 0 Å². The first kappa shape index (κ1) is 13.2. The molecule has 0 fully saturated rings. The zero-order valence-corrected chi connectivity index (χ0v) is 12.8. The van der Waals surface area contributed by atoms with Crippen molar-refractivity contribution in [1.82, 2.24) is 9.78 Å². The van der Waals surface area contributed by atoms with Crippen LogP contribution in [0.3, 0.4) is 0 Å². The van der Waals surface area contributed by atoms with Gasteiger partial charge in [0, 0.05) is 7.05 Å². The number of hydrogen-bond donors (Lipinski definition) is 1. The van der Waals surface area contributed by atoms with Crippen molar-refractivity contribution in [2.45, 2.75) is 45.6 Å². The van der Waals surface area contributed by atoms with Gasteiger partial charge in [-0.1, -0.05) is 31.2 Å². The van der Waals surface area contributed by atoms with Crippen molar-refractivity contribution in [3.05, 3.63) is 46.8 Å². The minimum Gasteiger partial charge on any atom is -0.375 e. The van der Waals surface area contributed by atoms with Crippen molar-refractivity contribution in [1.29, 1.82) is 0 Å². The minimum atomic E-state index is 0.406. The summed E-state index contributed by atoms with van der Waals surface area (Å²) < 4.78 is 1.95. The van der Waals surface area contributed by atoms with Crippen LogP contribution in [0.5, 0.6) is 0 Å². The van der Waals surface area contributed by atoms with Gasteiger partial charge in [-0.05, 0) is 43.7 Å². The predicted octanol–water partition coefficient (Wildman–Crippen LogP) is 4.09. The highest BCUT2D eigenvalue weighted by atomic mass is 15.3. The second kappa shape index (κ2) is 4.97. The Morgan fingerprint density at radius 1 is 1.15 bits per heavy atom. The van der Waals surface area contributed by atoms with E-state index in [-0.39, 0.29) is 0 Å². The maximum Gasteiger partial charge on any atom is 0.0828 e. The minimum absolute atomic E-state index is 0.406. The second-order valence-electron chi connectivity index (χ2n) is 5.97. The van der Waals surface area contributed by atoms with Crippen molar-refractivity contribution in [2.24, 2.45) is 7.05 Å². The average Bonchev–Trinajstić information content (AvgIpc) is 2.68. The Bertz CT molecular complexity index is 627. The number of rotatable bonds is 2. The van der Waals surface area contributed by atoms with E-state index in [1.165, 1.54) is 35.3 Å². The van der Waals surface area contributed by atoms with Crippen LogP contribution in [0.2, 0.25) is 0 Å². The summed E-state index contributed by atoms with van der Waals surface area (Å²) in [6.45, 7) is 6.53. The molecule has 0 aliphatic heterocycles. The van der Waals surface area contributed by atoms with Gasteiger partial charge in [-0.15, -0.1) is 0 Å². The first-order chi connectivity index (χ1) is 9.58. The topological polar surface area (TPSA) is 29.9 Å². The summed E-state index contributed by atoms with van der Waals surface area (Å²) in [5.74, 6) is 0.667. The number of nitrogens with zero attached hydrogens (tertiary/aromatic N) is 2. The van der Waals surface area contributed by atoms with Crippen LogP contribution in [0.4, 0.5) is 5.69 Å². The molecule has 1 N–H and O–H groups in total. The third kappa shape index (κ3) is 2.11. The molecule has 106 valence electrons. The molecule has 0 bridgehead atoms. The number of nitrogens with one attached hydrogen (secondary N) is 1. The van der Waals surface area contributed by atoms with Crippen LogP contribution in [0.25, 0.3) is 0 Å². The largest absolute Gasteiger partial charge is 0.375 e. The van der Waals surface area contributed by atoms with Crippen molar-refractivity contribution in [3.63, 3.8) is 0 Å². The summed E-state index contributed by atoms with van der Waals surface area (Å²) in [4.78, 5) is 0. The highest BCUT2D eigenvalue weighted by Gasteiger charge is 2.25. The van der Waals surface area contributed by atoms with Crippen molar-refractivity contribution in [2.75, 3.05) is 5.32 Å². The molecule has 1 aliphatic carbocycles. The van der Waals surface area contributed by atoms with E-state index in [9.17, 15) is 0 Å². The summed E-state index contributed by atoms with van der Waals surface area (Å²) in [7, 11) is 2.00. The fourth-order valence-electron chi connectivity index (χ4n) is 3.31. The normalized spacial score (nSPS) is 21.6. The van der Waals surface area contributed by atoms with Gasteiger partial charge in [-0.3, -0.25) is 4.68 Å². The molecule has 1 heterocycles. The Labute approximate surface area is 121 Å². The molecule has 2 unspecified atom stereocenters. The van der Waals surface area contributed by atoms with Crippen LogP contribution in [-0.4, -0.2) is 9.78 Å². The summed E-state index contributed by atoms with van der Waals surface area (Å²) in [6, 6.07) is 9.25. The van der Waals surface area contributed by atoms with E-state index < -0.39 is 0 Å². The van der Waals surface area contributed by atoms with E-state index >= 15 is 0 Å². The maximum absolute atomic E-state index is 4.50. The quantitative estimate of drug-likeness (QED) is 0.890. The molecule has 3 heteroatoms. The fraction of sp³-hybridized carbons (Fsp3) is 0.471. The first-order valence-electron chi connectivity index (χ1n) is 7.43. The van der Waals surface area contributed by atoms with Crippen LogP contribution in [0.1, 0.15) is 54.2 Å². The molecule has 20 heavy (non-hydrogen) atoms. The molecule has 2 aromatic rings. The summed E-state index contributed by atoms with van der Waals surface area (Å²) in [5.41, 5.74) is 6.44. The van der Waals surface area contributed by atoms with Crippen LogP contribution in [0, 0.1) is 13.8 Å². The Morgan fingerprint density at radius 3 is 2.50 bits per heavy atom. The molecule has 0 saturated heterocycles. The van der Waals surface area contributed by atoms with Crippen LogP contribution in [0.15, 0.2) is 24.3 Å². The SMILES string of the molecule is Cc1nn(C)c(C)c1NC1CCC(C)c2ccccc21. The monoisotopic (exact) mass is 269 g/mol. The summed E-state index contributed by atoms with van der Waals surface area (Å²) >= 11 is 0. The van der Waals surface area contributed by atoms with Crippen molar-refractivity contribution >= 4 is 5.69 Å². The van der Waals surface area contributed by atoms with E-state index in [0.717, 1.165) is 5.69 Å². The first-order valence-corrected chi connectivity index (χ1v) is 7.43. The molecule has 1 aromatic heterocycles. The summed E-state index contributed by atoms with van der Waals surface area (Å²) in [5, 5.41) is 8.23. The lowest BCUT2D eigenvalue weighted by atomic mass is 9.81. The Kier molecular flexibility index (Phi) is 3.28. The van der Waals surface area contributed by atoms with Crippen molar-refractivity contribution < 1.29 is 0 Å². The van der Waals surface area contributed by atoms with Gasteiger partial charge < -0.3 is 5.32 Å². The van der Waals surface area contributed by atoms with E-state index in [2.05, 4.69) is 55.5 Å². The number of fused-ring (bicyclic) bond motifs is 1. The van der Waals surface area contributed by atoms with Crippen LogP contribution < -0.4 is 5.32 Å². The Hall–Kier alpha value is -1.77. The summed E-state index contributed by atoms with van der Waals surface area (Å²) in [6.07, 6.45) is 2.43. The standard InChI is InChI=1S/C17H23N3/c1-11-9-10-16(15-8-6-5-7-14(11)15)18-17-12(2)19-20(4)13(17)3/h5-8,11,16,18H,9-10H2,1-4H3. The van der Waals surface area contributed by atoms with Gasteiger partial charge in [0.25, 0.3) is 0 Å². The number of anilines is 1. The molecule has 0 radical (unpaired) electrons. The number of aryl methyl sites for hydroxylation is 2. The zero-order chi connectivity index (χ0) is 14.3. The molecule has 0 saturated carbocycles. The molecule has 0 amide bonds. The van der Waals surface area contributed by atoms with E-state index in [0.29, 0.717) is 12.0 Å². The fourth-order valence-corrected chi connectivity index (χ4v) is 3.31. The number of aromatic nitrogens is 2. The van der Waals surface area contributed by atoms with E-state index in [1.54, 1.807) is 0 Å². The molecular weight excluding hydrogens is 246 g/mol. The lowest BCUT2D eigenvalue weighted by Gasteiger charge is -2.31. The highest BCUT2D eigenvalue weighted by Crippen LogP contribution is 2.39. The molecule has 0 spiro atoms. The molecular formula is C17H23N3. The maximum atomic E-state index is 4.50. The van der Waals surface area contributed by atoms with Gasteiger partial charge in [-0.2, -0.15) is 5.10 Å². The van der Waals surface area contributed by atoms with Crippen LogP contribution >= 0.6 is 0 Å². The lowest BCUT2D eigenvalue weighted by molar-refractivity contribution is 0.534. The molecule has 3 rings (SSSR count). The molecule has 3 nitrogen and oxygen atoms in total. The van der Waals surface area contributed by atoms with Crippen LogP contribution in [-0.2, 0) is 7.05 Å². The molecule has 1 aromatic carbocycles. The van der Waals surface area contributed by atoms with Crippen molar-refractivity contribution in [3.8, 4) is 0 Å². The van der Waals surface area contributed by atoms with Gasteiger partial charge in [0.15, 0.2) is 0 Å². The van der Waals surface area contributed by atoms with Gasteiger partial charge >= 0.3 is 0 Å².